The highest BCUT2D eigenvalue weighted by atomic mass is 16.6. The fourth-order valence-corrected chi connectivity index (χ4v) is 3.45. The van der Waals surface area contributed by atoms with Crippen molar-refractivity contribution in [1.29, 1.82) is 0 Å². The van der Waals surface area contributed by atoms with Crippen LogP contribution in [0.15, 0.2) is 36.9 Å². The minimum absolute atomic E-state index is 0.0812. The minimum Gasteiger partial charge on any atom is -0.497 e. The number of nitrogens with one attached hydrogen (secondary N) is 1. The molecule has 3 aromatic rings. The second-order valence-corrected chi connectivity index (χ2v) is 6.92. The van der Waals surface area contributed by atoms with Crippen molar-refractivity contribution in [2.24, 2.45) is 0 Å². The summed E-state index contributed by atoms with van der Waals surface area (Å²) in [5.74, 6) is 1.29. The summed E-state index contributed by atoms with van der Waals surface area (Å²) in [6, 6.07) is 7.63. The summed E-state index contributed by atoms with van der Waals surface area (Å²) >= 11 is 0. The van der Waals surface area contributed by atoms with Crippen molar-refractivity contribution in [3.05, 3.63) is 42.5 Å². The lowest BCUT2D eigenvalue weighted by molar-refractivity contribution is -0.0511. The first kappa shape index (κ1) is 19.5. The van der Waals surface area contributed by atoms with Crippen LogP contribution in [0.5, 0.6) is 5.75 Å². The average molecular weight is 401 g/mol. The number of ether oxygens (including phenoxy) is 2. The molecule has 29 heavy (non-hydrogen) atoms. The molecule has 1 saturated heterocycles. The Morgan fingerprint density at radius 1 is 1.24 bits per heavy atom. The molecule has 0 spiro atoms. The molecule has 0 aliphatic carbocycles. The average Bonchev–Trinajstić information content (AvgIpc) is 3.30. The first-order chi connectivity index (χ1) is 14.0. The molecule has 1 unspecified atom stereocenters. The van der Waals surface area contributed by atoms with Crippen LogP contribution in [0.4, 0.5) is 5.82 Å². The summed E-state index contributed by atoms with van der Waals surface area (Å²) in [6.07, 6.45) is -1.34. The molecule has 2 aromatic heterocycles. The number of methoxy groups -OCH3 is 1. The predicted molar refractivity (Wildman–Crippen MR) is 103 cm³/mol. The summed E-state index contributed by atoms with van der Waals surface area (Å²) in [5, 5.41) is 32.9. The van der Waals surface area contributed by atoms with E-state index in [-0.39, 0.29) is 6.04 Å². The highest BCUT2D eigenvalue weighted by molar-refractivity contribution is 5.82. The number of hydrogen-bond donors (Lipinski definition) is 4. The molecule has 4 N–H and O–H groups in total. The topological polar surface area (TPSA) is 135 Å². The second-order valence-electron chi connectivity index (χ2n) is 6.92. The fraction of sp³-hybridized carbons (Fsp3) is 0.421. The van der Waals surface area contributed by atoms with Crippen molar-refractivity contribution in [3.63, 3.8) is 0 Å². The van der Waals surface area contributed by atoms with Gasteiger partial charge in [-0.1, -0.05) is 12.1 Å². The van der Waals surface area contributed by atoms with Gasteiger partial charge in [0.15, 0.2) is 23.2 Å². The highest BCUT2D eigenvalue weighted by Crippen LogP contribution is 2.32. The van der Waals surface area contributed by atoms with E-state index in [0.717, 1.165) is 11.3 Å². The van der Waals surface area contributed by atoms with Crippen LogP contribution in [0.2, 0.25) is 0 Å². The number of aromatic nitrogens is 4. The van der Waals surface area contributed by atoms with Crippen LogP contribution in [-0.2, 0) is 4.74 Å². The number of anilines is 1. The third-order valence-electron chi connectivity index (χ3n) is 5.10. The van der Waals surface area contributed by atoms with E-state index in [2.05, 4.69) is 20.3 Å². The number of rotatable bonds is 6. The van der Waals surface area contributed by atoms with Crippen molar-refractivity contribution < 1.29 is 24.8 Å². The third kappa shape index (κ3) is 3.51. The van der Waals surface area contributed by atoms with Crippen LogP contribution in [0, 0.1) is 0 Å². The van der Waals surface area contributed by atoms with Crippen molar-refractivity contribution in [3.8, 4) is 5.75 Å². The first-order valence-corrected chi connectivity index (χ1v) is 9.24. The van der Waals surface area contributed by atoms with Gasteiger partial charge in [0, 0.05) is 0 Å². The Hall–Kier alpha value is -2.79. The summed E-state index contributed by atoms with van der Waals surface area (Å²) in [5.41, 5.74) is 1.95. The van der Waals surface area contributed by atoms with E-state index in [1.807, 2.05) is 31.2 Å². The van der Waals surface area contributed by atoms with Crippen LogP contribution in [0.3, 0.4) is 0 Å². The molecule has 1 aliphatic heterocycles. The van der Waals surface area contributed by atoms with Crippen molar-refractivity contribution in [2.45, 2.75) is 37.5 Å². The molecule has 0 saturated carbocycles. The van der Waals surface area contributed by atoms with E-state index in [9.17, 15) is 15.3 Å². The van der Waals surface area contributed by atoms with Crippen molar-refractivity contribution in [2.75, 3.05) is 19.0 Å². The van der Waals surface area contributed by atoms with Crippen LogP contribution in [0.1, 0.15) is 24.8 Å². The number of aliphatic hydroxyl groups excluding tert-OH is 3. The quantitative estimate of drug-likeness (QED) is 0.469. The molecule has 10 nitrogen and oxygen atoms in total. The van der Waals surface area contributed by atoms with Crippen LogP contribution >= 0.6 is 0 Å². The Balaban J connectivity index is 1.62. The monoisotopic (exact) mass is 401 g/mol. The van der Waals surface area contributed by atoms with E-state index in [1.54, 1.807) is 7.11 Å². The van der Waals surface area contributed by atoms with Gasteiger partial charge in [0.1, 0.15) is 30.4 Å². The highest BCUT2D eigenvalue weighted by Gasteiger charge is 2.44. The summed E-state index contributed by atoms with van der Waals surface area (Å²) in [7, 11) is 1.62. The fourth-order valence-electron chi connectivity index (χ4n) is 3.45. The lowest BCUT2D eigenvalue weighted by Gasteiger charge is -2.17. The molecule has 1 fully saturated rings. The van der Waals surface area contributed by atoms with Gasteiger partial charge in [-0.15, -0.1) is 0 Å². The van der Waals surface area contributed by atoms with Crippen molar-refractivity contribution in [1.82, 2.24) is 19.5 Å². The predicted octanol–water partition coefficient (Wildman–Crippen LogP) is 0.619. The molecule has 1 aromatic carbocycles. The summed E-state index contributed by atoms with van der Waals surface area (Å²) in [4.78, 5) is 12.9. The van der Waals surface area contributed by atoms with E-state index < -0.39 is 31.1 Å². The number of hydrogen-bond acceptors (Lipinski definition) is 9. The maximum atomic E-state index is 10.3. The number of imidazole rings is 1. The SMILES string of the molecule is COc1cccc([C@H](C)Nc2ncnc3c2ncn3[C@@H]2O[C@H](CO)[C@H](O)C2O)c1. The number of aliphatic hydroxyl groups is 3. The van der Waals surface area contributed by atoms with Crippen LogP contribution in [0.25, 0.3) is 11.2 Å². The molecule has 1 aliphatic rings. The smallest absolute Gasteiger partial charge is 0.167 e. The Morgan fingerprint density at radius 2 is 2.07 bits per heavy atom. The first-order valence-electron chi connectivity index (χ1n) is 9.24. The second kappa shape index (κ2) is 7.91. The van der Waals surface area contributed by atoms with Crippen LogP contribution in [-0.4, -0.2) is 66.9 Å². The molecule has 3 heterocycles. The molecule has 5 atom stereocenters. The van der Waals surface area contributed by atoms with Crippen LogP contribution < -0.4 is 10.1 Å². The molecular formula is C19H23N5O5. The molecule has 0 bridgehead atoms. The van der Waals surface area contributed by atoms with Gasteiger partial charge in [-0.05, 0) is 24.6 Å². The molecule has 4 rings (SSSR count). The zero-order valence-corrected chi connectivity index (χ0v) is 16.0. The van der Waals surface area contributed by atoms with Gasteiger partial charge in [0.05, 0.1) is 26.1 Å². The Kier molecular flexibility index (Phi) is 5.33. The standard InChI is InChI=1S/C19H23N5O5/c1-10(11-4-3-5-12(6-11)28-2)23-17-14-18(21-8-20-17)24(9-22-14)19-16(27)15(26)13(7-25)29-19/h3-6,8-10,13,15-16,19,25-27H,7H2,1-2H3,(H,20,21,23)/t10-,13+,15-,16?,19+/m0/s1. The lowest BCUT2D eigenvalue weighted by Crippen LogP contribution is -2.33. The molecule has 154 valence electrons. The maximum Gasteiger partial charge on any atom is 0.167 e. The van der Waals surface area contributed by atoms with Gasteiger partial charge in [-0.25, -0.2) is 15.0 Å². The largest absolute Gasteiger partial charge is 0.497 e. The van der Waals surface area contributed by atoms with Gasteiger partial charge in [-0.2, -0.15) is 0 Å². The third-order valence-corrected chi connectivity index (χ3v) is 5.10. The Labute approximate surface area is 166 Å². The Bertz CT molecular complexity index is 996. The number of fused-ring (bicyclic) bond motifs is 1. The zero-order chi connectivity index (χ0) is 20.5. The van der Waals surface area contributed by atoms with Gasteiger partial charge in [0.2, 0.25) is 0 Å². The summed E-state index contributed by atoms with van der Waals surface area (Å²) < 4.78 is 12.4. The van der Waals surface area contributed by atoms with E-state index in [1.165, 1.54) is 17.2 Å². The van der Waals surface area contributed by atoms with Gasteiger partial charge in [-0.3, -0.25) is 4.57 Å². The molecule has 0 amide bonds. The Morgan fingerprint density at radius 3 is 2.79 bits per heavy atom. The molecule has 0 radical (unpaired) electrons. The normalized spacial score (nSPS) is 25.3. The van der Waals surface area contributed by atoms with E-state index in [4.69, 9.17) is 9.47 Å². The van der Waals surface area contributed by atoms with Crippen molar-refractivity contribution >= 4 is 17.0 Å². The van der Waals surface area contributed by atoms with E-state index in [0.29, 0.717) is 17.0 Å². The number of nitrogens with zero attached hydrogens (tertiary/aromatic N) is 4. The van der Waals surface area contributed by atoms with E-state index >= 15 is 0 Å². The number of benzene rings is 1. The molecular weight excluding hydrogens is 378 g/mol. The van der Waals surface area contributed by atoms with Gasteiger partial charge >= 0.3 is 0 Å². The van der Waals surface area contributed by atoms with Gasteiger partial charge in [0.25, 0.3) is 0 Å². The van der Waals surface area contributed by atoms with Gasteiger partial charge < -0.3 is 30.1 Å². The lowest BCUT2D eigenvalue weighted by atomic mass is 10.1. The molecule has 10 heteroatoms. The minimum atomic E-state index is -1.22. The summed E-state index contributed by atoms with van der Waals surface area (Å²) in [6.45, 7) is 1.59. The maximum absolute atomic E-state index is 10.3. The zero-order valence-electron chi connectivity index (χ0n) is 16.0.